The van der Waals surface area contributed by atoms with Gasteiger partial charge in [0, 0.05) is 0 Å². The van der Waals surface area contributed by atoms with Crippen LogP contribution in [0.4, 0.5) is 0 Å². The first-order valence-electron chi connectivity index (χ1n) is 7.64. The van der Waals surface area contributed by atoms with E-state index in [-0.39, 0.29) is 0 Å². The van der Waals surface area contributed by atoms with Crippen LogP contribution < -0.4 is 0 Å². The molecule has 4 aliphatic carbocycles. The van der Waals surface area contributed by atoms with Gasteiger partial charge in [0.25, 0.3) is 0 Å². The molecule has 92 valence electrons. The van der Waals surface area contributed by atoms with E-state index in [9.17, 15) is 0 Å². The van der Waals surface area contributed by atoms with Crippen LogP contribution in [0.2, 0.25) is 0 Å². The predicted octanol–water partition coefficient (Wildman–Crippen LogP) is 2.08. The van der Waals surface area contributed by atoms with Gasteiger partial charge in [-0.2, -0.15) is 0 Å². The van der Waals surface area contributed by atoms with Gasteiger partial charge in [-0.3, -0.25) is 0 Å². The molecular formula is C15H20O2. The van der Waals surface area contributed by atoms with E-state index in [0.29, 0.717) is 24.4 Å². The van der Waals surface area contributed by atoms with Gasteiger partial charge >= 0.3 is 0 Å². The Hall–Kier alpha value is -0.0800. The molecule has 0 aromatic rings. The first-order valence-corrected chi connectivity index (χ1v) is 7.64. The van der Waals surface area contributed by atoms with Crippen molar-refractivity contribution in [1.82, 2.24) is 0 Å². The molecule has 2 heteroatoms. The second-order valence-corrected chi connectivity index (χ2v) is 7.65. The highest BCUT2D eigenvalue weighted by molar-refractivity contribution is 5.20. The zero-order valence-electron chi connectivity index (χ0n) is 10.3. The molecule has 0 radical (unpaired) electrons. The first kappa shape index (κ1) is 8.92. The van der Waals surface area contributed by atoms with Crippen LogP contribution in [0, 0.1) is 41.4 Å². The average molecular weight is 232 g/mol. The minimum atomic E-state index is 0.668. The predicted molar refractivity (Wildman–Crippen MR) is 61.3 cm³/mol. The lowest BCUT2D eigenvalue weighted by atomic mass is 9.63. The molecule has 0 spiro atoms. The Morgan fingerprint density at radius 2 is 1.41 bits per heavy atom. The molecular weight excluding hydrogens is 212 g/mol. The van der Waals surface area contributed by atoms with Gasteiger partial charge in [0.05, 0.1) is 24.4 Å². The highest BCUT2D eigenvalue weighted by atomic mass is 16.6. The van der Waals surface area contributed by atoms with E-state index in [0.717, 1.165) is 41.4 Å². The van der Waals surface area contributed by atoms with Crippen LogP contribution >= 0.6 is 0 Å². The number of hydrogen-bond donors (Lipinski definition) is 0. The molecule has 6 rings (SSSR count). The zero-order valence-corrected chi connectivity index (χ0v) is 10.3. The van der Waals surface area contributed by atoms with E-state index in [1.807, 2.05) is 0 Å². The van der Waals surface area contributed by atoms with E-state index in [1.165, 1.54) is 12.8 Å². The highest BCUT2D eigenvalue weighted by Gasteiger charge is 2.73. The van der Waals surface area contributed by atoms with Crippen molar-refractivity contribution in [3.8, 4) is 0 Å². The number of rotatable bonds is 0. The summed E-state index contributed by atoms with van der Waals surface area (Å²) in [4.78, 5) is 0. The molecule has 11 atom stereocenters. The quantitative estimate of drug-likeness (QED) is 0.597. The molecule has 17 heavy (non-hydrogen) atoms. The van der Waals surface area contributed by atoms with Crippen LogP contribution in [0.25, 0.3) is 0 Å². The van der Waals surface area contributed by atoms with Crippen molar-refractivity contribution >= 4 is 0 Å². The van der Waals surface area contributed by atoms with E-state index in [1.54, 1.807) is 6.42 Å². The number of ether oxygens (including phenoxy) is 2. The topological polar surface area (TPSA) is 25.1 Å². The van der Waals surface area contributed by atoms with E-state index in [4.69, 9.17) is 9.47 Å². The lowest BCUT2D eigenvalue weighted by molar-refractivity contribution is 0.0262. The van der Waals surface area contributed by atoms with Gasteiger partial charge in [0.2, 0.25) is 0 Å². The molecule has 2 bridgehead atoms. The summed E-state index contributed by atoms with van der Waals surface area (Å²) in [5, 5.41) is 0. The Labute approximate surface area is 102 Å². The number of epoxide rings is 2. The van der Waals surface area contributed by atoms with Gasteiger partial charge in [-0.1, -0.05) is 6.92 Å². The summed E-state index contributed by atoms with van der Waals surface area (Å²) in [6.07, 6.45) is 7.04. The molecule has 2 aliphatic heterocycles. The van der Waals surface area contributed by atoms with Gasteiger partial charge in [-0.05, 0) is 60.7 Å². The lowest BCUT2D eigenvalue weighted by Crippen LogP contribution is -2.40. The standard InChI is InChI=1S/C15H20O2/c1-5-12-8-2-9(13(12)15-14(5)17-15)7-4-11-10(16-11)3-6(7)8/h5-15H,2-4H2,1H3. The van der Waals surface area contributed by atoms with Crippen molar-refractivity contribution in [3.05, 3.63) is 0 Å². The molecule has 6 fully saturated rings. The van der Waals surface area contributed by atoms with Gasteiger partial charge < -0.3 is 9.47 Å². The molecule has 2 heterocycles. The van der Waals surface area contributed by atoms with Crippen LogP contribution in [0.1, 0.15) is 26.2 Å². The average Bonchev–Trinajstić information content (AvgIpc) is 3.18. The highest BCUT2D eigenvalue weighted by Crippen LogP contribution is 2.72. The van der Waals surface area contributed by atoms with Crippen LogP contribution in [-0.4, -0.2) is 24.4 Å². The van der Waals surface area contributed by atoms with Crippen molar-refractivity contribution < 1.29 is 9.47 Å². The summed E-state index contributed by atoms with van der Waals surface area (Å²) in [5.41, 5.74) is 0. The van der Waals surface area contributed by atoms with Gasteiger partial charge in [-0.25, -0.2) is 0 Å². The largest absolute Gasteiger partial charge is 0.370 e. The maximum absolute atomic E-state index is 5.92. The van der Waals surface area contributed by atoms with Crippen LogP contribution in [0.5, 0.6) is 0 Å². The molecule has 4 saturated carbocycles. The first-order chi connectivity index (χ1) is 8.33. The second-order valence-electron chi connectivity index (χ2n) is 7.65. The van der Waals surface area contributed by atoms with Gasteiger partial charge in [0.1, 0.15) is 0 Å². The summed E-state index contributed by atoms with van der Waals surface area (Å²) in [6, 6.07) is 0. The smallest absolute Gasteiger partial charge is 0.0878 e. The fourth-order valence-corrected chi connectivity index (χ4v) is 6.88. The van der Waals surface area contributed by atoms with Crippen molar-refractivity contribution in [3.63, 3.8) is 0 Å². The fourth-order valence-electron chi connectivity index (χ4n) is 6.88. The lowest BCUT2D eigenvalue weighted by Gasteiger charge is -2.42. The van der Waals surface area contributed by atoms with Crippen LogP contribution in [0.15, 0.2) is 0 Å². The summed E-state index contributed by atoms with van der Waals surface area (Å²) < 4.78 is 11.7. The molecule has 0 N–H and O–H groups in total. The van der Waals surface area contributed by atoms with Crippen molar-refractivity contribution in [2.75, 3.05) is 0 Å². The van der Waals surface area contributed by atoms with E-state index < -0.39 is 0 Å². The Morgan fingerprint density at radius 3 is 2.18 bits per heavy atom. The molecule has 0 aromatic heterocycles. The molecule has 2 saturated heterocycles. The monoisotopic (exact) mass is 232 g/mol. The Morgan fingerprint density at radius 1 is 0.706 bits per heavy atom. The Kier molecular flexibility index (Phi) is 1.29. The third kappa shape index (κ3) is 0.859. The Balaban J connectivity index is 1.42. The molecule has 0 aromatic carbocycles. The molecule has 11 unspecified atom stereocenters. The third-order valence-corrected chi connectivity index (χ3v) is 7.39. The number of fused-ring (bicyclic) bond motifs is 11. The molecule has 0 amide bonds. The van der Waals surface area contributed by atoms with Crippen molar-refractivity contribution in [2.24, 2.45) is 41.4 Å². The van der Waals surface area contributed by atoms with E-state index >= 15 is 0 Å². The summed E-state index contributed by atoms with van der Waals surface area (Å²) >= 11 is 0. The maximum Gasteiger partial charge on any atom is 0.0878 e. The minimum absolute atomic E-state index is 0.668. The SMILES string of the molecule is CC1C2OC2C2C3CC(C4CC5OC5CC43)C12. The fraction of sp³-hybridized carbons (Fsp3) is 1.00. The summed E-state index contributed by atoms with van der Waals surface area (Å²) in [7, 11) is 0. The second kappa shape index (κ2) is 2.46. The number of hydrogen-bond acceptors (Lipinski definition) is 2. The van der Waals surface area contributed by atoms with Crippen molar-refractivity contribution in [2.45, 2.75) is 50.6 Å². The molecule has 2 nitrogen and oxygen atoms in total. The van der Waals surface area contributed by atoms with Crippen LogP contribution in [-0.2, 0) is 9.47 Å². The summed E-state index contributed by atoms with van der Waals surface area (Å²) in [5.74, 6) is 6.95. The Bertz CT molecular complexity index is 386. The minimum Gasteiger partial charge on any atom is -0.370 e. The van der Waals surface area contributed by atoms with Crippen molar-refractivity contribution in [1.29, 1.82) is 0 Å². The van der Waals surface area contributed by atoms with Gasteiger partial charge in [-0.15, -0.1) is 0 Å². The summed E-state index contributed by atoms with van der Waals surface area (Å²) in [6.45, 7) is 2.46. The maximum atomic E-state index is 5.92. The van der Waals surface area contributed by atoms with E-state index in [2.05, 4.69) is 6.92 Å². The van der Waals surface area contributed by atoms with Gasteiger partial charge in [0.15, 0.2) is 0 Å². The normalized spacial score (nSPS) is 77.1. The van der Waals surface area contributed by atoms with Crippen LogP contribution in [0.3, 0.4) is 0 Å². The zero-order chi connectivity index (χ0) is 10.9. The third-order valence-electron chi connectivity index (χ3n) is 7.39. The molecule has 6 aliphatic rings.